The first-order valence-electron chi connectivity index (χ1n) is 6.34. The van der Waals surface area contributed by atoms with E-state index in [-0.39, 0.29) is 5.91 Å². The van der Waals surface area contributed by atoms with Crippen LogP contribution in [0.4, 0.5) is 5.69 Å². The fourth-order valence-electron chi connectivity index (χ4n) is 1.81. The minimum Gasteiger partial charge on any atom is -0.496 e. The molecule has 1 aromatic rings. The van der Waals surface area contributed by atoms with Gasteiger partial charge in [-0.1, -0.05) is 26.7 Å². The number of rotatable bonds is 6. The van der Waals surface area contributed by atoms with Gasteiger partial charge < -0.3 is 15.8 Å². The van der Waals surface area contributed by atoms with E-state index in [9.17, 15) is 4.79 Å². The summed E-state index contributed by atoms with van der Waals surface area (Å²) in [6.07, 6.45) is 2.13. The molecule has 100 valence electrons. The number of amides is 1. The molecule has 1 amide bonds. The van der Waals surface area contributed by atoms with Gasteiger partial charge in [-0.15, -0.1) is 0 Å². The Hall–Kier alpha value is -1.71. The van der Waals surface area contributed by atoms with Gasteiger partial charge in [-0.2, -0.15) is 0 Å². The van der Waals surface area contributed by atoms with E-state index in [0.717, 1.165) is 12.8 Å². The molecule has 0 spiro atoms. The average Bonchev–Trinajstić information content (AvgIpc) is 2.39. The quantitative estimate of drug-likeness (QED) is 0.762. The lowest BCUT2D eigenvalue weighted by Crippen LogP contribution is -2.29. The number of nitrogen functional groups attached to an aromatic ring is 1. The number of nitrogens with one attached hydrogen (secondary N) is 1. The van der Waals surface area contributed by atoms with Crippen LogP contribution in [-0.4, -0.2) is 19.6 Å². The maximum Gasteiger partial charge on any atom is 0.255 e. The second kappa shape index (κ2) is 6.89. The Balaban J connectivity index is 2.72. The van der Waals surface area contributed by atoms with Crippen LogP contribution in [0.1, 0.15) is 37.0 Å². The SMILES string of the molecule is CCC(CC)CNC(=O)c1ccc(N)cc1OC. The molecule has 0 bridgehead atoms. The smallest absolute Gasteiger partial charge is 0.255 e. The molecule has 0 aromatic heterocycles. The number of ether oxygens (including phenoxy) is 1. The lowest BCUT2D eigenvalue weighted by molar-refractivity contribution is 0.0943. The number of carbonyl (C=O) groups excluding carboxylic acids is 1. The number of hydrogen-bond acceptors (Lipinski definition) is 3. The normalized spacial score (nSPS) is 10.4. The minimum absolute atomic E-state index is 0.112. The highest BCUT2D eigenvalue weighted by Gasteiger charge is 2.13. The molecule has 4 nitrogen and oxygen atoms in total. The van der Waals surface area contributed by atoms with Gasteiger partial charge in [0.15, 0.2) is 0 Å². The number of benzene rings is 1. The standard InChI is InChI=1S/C14H22N2O2/c1-4-10(5-2)9-16-14(17)12-7-6-11(15)8-13(12)18-3/h6-8,10H,4-5,9,15H2,1-3H3,(H,16,17). The summed E-state index contributed by atoms with van der Waals surface area (Å²) in [6.45, 7) is 4.95. The Labute approximate surface area is 109 Å². The van der Waals surface area contributed by atoms with Crippen molar-refractivity contribution in [1.82, 2.24) is 5.32 Å². The molecule has 0 aliphatic carbocycles. The summed E-state index contributed by atoms with van der Waals surface area (Å²) in [5.74, 6) is 0.921. The predicted molar refractivity (Wildman–Crippen MR) is 73.8 cm³/mol. The number of hydrogen-bond donors (Lipinski definition) is 2. The van der Waals surface area contributed by atoms with Gasteiger partial charge in [0.25, 0.3) is 5.91 Å². The third kappa shape index (κ3) is 3.65. The van der Waals surface area contributed by atoms with E-state index < -0.39 is 0 Å². The highest BCUT2D eigenvalue weighted by Crippen LogP contribution is 2.21. The van der Waals surface area contributed by atoms with E-state index in [4.69, 9.17) is 10.5 Å². The van der Waals surface area contributed by atoms with Gasteiger partial charge in [-0.25, -0.2) is 0 Å². The maximum absolute atomic E-state index is 12.0. The molecule has 0 radical (unpaired) electrons. The Morgan fingerprint density at radius 2 is 2.06 bits per heavy atom. The molecule has 0 heterocycles. The second-order valence-corrected chi connectivity index (χ2v) is 4.35. The second-order valence-electron chi connectivity index (χ2n) is 4.35. The monoisotopic (exact) mass is 250 g/mol. The molecule has 0 unspecified atom stereocenters. The van der Waals surface area contributed by atoms with Crippen molar-refractivity contribution in [3.8, 4) is 5.75 Å². The molecule has 3 N–H and O–H groups in total. The first-order chi connectivity index (χ1) is 8.62. The van der Waals surface area contributed by atoms with Crippen LogP contribution >= 0.6 is 0 Å². The molecule has 1 rings (SSSR count). The Morgan fingerprint density at radius 1 is 1.39 bits per heavy atom. The summed E-state index contributed by atoms with van der Waals surface area (Å²) in [5.41, 5.74) is 6.77. The molecule has 0 saturated heterocycles. The van der Waals surface area contributed by atoms with Crippen LogP contribution in [0.2, 0.25) is 0 Å². The van der Waals surface area contributed by atoms with Crippen LogP contribution in [0.25, 0.3) is 0 Å². The molecule has 1 aromatic carbocycles. The van der Waals surface area contributed by atoms with E-state index in [1.54, 1.807) is 18.2 Å². The lowest BCUT2D eigenvalue weighted by Gasteiger charge is -2.14. The molecule has 0 atom stereocenters. The lowest BCUT2D eigenvalue weighted by atomic mass is 10.0. The van der Waals surface area contributed by atoms with Crippen molar-refractivity contribution in [3.63, 3.8) is 0 Å². The summed E-state index contributed by atoms with van der Waals surface area (Å²) in [6, 6.07) is 5.05. The third-order valence-electron chi connectivity index (χ3n) is 3.18. The fraction of sp³-hybridized carbons (Fsp3) is 0.500. The number of carbonyl (C=O) groups is 1. The Kier molecular flexibility index (Phi) is 5.49. The van der Waals surface area contributed by atoms with Crippen LogP contribution < -0.4 is 15.8 Å². The van der Waals surface area contributed by atoms with E-state index in [2.05, 4.69) is 19.2 Å². The molecule has 0 aliphatic rings. The van der Waals surface area contributed by atoms with Gasteiger partial charge in [0.1, 0.15) is 5.75 Å². The Bertz CT molecular complexity index is 401. The van der Waals surface area contributed by atoms with E-state index in [0.29, 0.717) is 29.5 Å². The minimum atomic E-state index is -0.112. The Morgan fingerprint density at radius 3 is 2.61 bits per heavy atom. The van der Waals surface area contributed by atoms with Crippen LogP contribution in [-0.2, 0) is 0 Å². The van der Waals surface area contributed by atoms with Gasteiger partial charge >= 0.3 is 0 Å². The van der Waals surface area contributed by atoms with Gasteiger partial charge in [-0.05, 0) is 18.1 Å². The first kappa shape index (κ1) is 14.4. The van der Waals surface area contributed by atoms with Crippen LogP contribution in [0.15, 0.2) is 18.2 Å². The zero-order valence-corrected chi connectivity index (χ0v) is 11.3. The van der Waals surface area contributed by atoms with E-state index in [1.165, 1.54) is 7.11 Å². The van der Waals surface area contributed by atoms with Crippen molar-refractivity contribution in [3.05, 3.63) is 23.8 Å². The zero-order valence-electron chi connectivity index (χ0n) is 11.3. The number of nitrogens with two attached hydrogens (primary N) is 1. The van der Waals surface area contributed by atoms with Crippen molar-refractivity contribution in [2.75, 3.05) is 19.4 Å². The first-order valence-corrected chi connectivity index (χ1v) is 6.34. The molecular weight excluding hydrogens is 228 g/mol. The van der Waals surface area contributed by atoms with E-state index >= 15 is 0 Å². The van der Waals surface area contributed by atoms with Gasteiger partial charge in [0.2, 0.25) is 0 Å². The van der Waals surface area contributed by atoms with Gasteiger partial charge in [-0.3, -0.25) is 4.79 Å². The summed E-state index contributed by atoms with van der Waals surface area (Å²) in [4.78, 5) is 12.0. The maximum atomic E-state index is 12.0. The van der Waals surface area contributed by atoms with Crippen LogP contribution in [0.5, 0.6) is 5.75 Å². The molecule has 0 fully saturated rings. The van der Waals surface area contributed by atoms with Crippen LogP contribution in [0, 0.1) is 5.92 Å². The van der Waals surface area contributed by atoms with Gasteiger partial charge in [0.05, 0.1) is 12.7 Å². The molecule has 4 heteroatoms. The van der Waals surface area contributed by atoms with Gasteiger partial charge in [0, 0.05) is 18.3 Å². The molecule has 0 saturated carbocycles. The molecule has 0 aliphatic heterocycles. The summed E-state index contributed by atoms with van der Waals surface area (Å²) < 4.78 is 5.17. The molecule has 18 heavy (non-hydrogen) atoms. The van der Waals surface area contributed by atoms with Crippen molar-refractivity contribution < 1.29 is 9.53 Å². The highest BCUT2D eigenvalue weighted by molar-refractivity contribution is 5.97. The summed E-state index contributed by atoms with van der Waals surface area (Å²) in [5, 5.41) is 2.94. The number of anilines is 1. The zero-order chi connectivity index (χ0) is 13.5. The van der Waals surface area contributed by atoms with Crippen molar-refractivity contribution in [2.45, 2.75) is 26.7 Å². The van der Waals surface area contributed by atoms with Crippen molar-refractivity contribution in [1.29, 1.82) is 0 Å². The largest absolute Gasteiger partial charge is 0.496 e. The average molecular weight is 250 g/mol. The summed E-state index contributed by atoms with van der Waals surface area (Å²) in [7, 11) is 1.53. The third-order valence-corrected chi connectivity index (χ3v) is 3.18. The van der Waals surface area contributed by atoms with Crippen molar-refractivity contribution in [2.24, 2.45) is 5.92 Å². The van der Waals surface area contributed by atoms with E-state index in [1.807, 2.05) is 0 Å². The number of methoxy groups -OCH3 is 1. The van der Waals surface area contributed by atoms with Crippen LogP contribution in [0.3, 0.4) is 0 Å². The summed E-state index contributed by atoms with van der Waals surface area (Å²) >= 11 is 0. The predicted octanol–water partition coefficient (Wildman–Crippen LogP) is 2.44. The fourth-order valence-corrected chi connectivity index (χ4v) is 1.81. The topological polar surface area (TPSA) is 64.4 Å². The van der Waals surface area contributed by atoms with Crippen molar-refractivity contribution >= 4 is 11.6 Å². The molecular formula is C14H22N2O2. The highest BCUT2D eigenvalue weighted by atomic mass is 16.5.